The highest BCUT2D eigenvalue weighted by Gasteiger charge is 2.29. The zero-order valence-corrected chi connectivity index (χ0v) is 16.7. The van der Waals surface area contributed by atoms with Crippen molar-refractivity contribution in [3.63, 3.8) is 0 Å². The van der Waals surface area contributed by atoms with Crippen LogP contribution in [0.1, 0.15) is 6.92 Å². The van der Waals surface area contributed by atoms with Crippen LogP contribution in [0.3, 0.4) is 0 Å². The lowest BCUT2D eigenvalue weighted by Gasteiger charge is -2.23. The second kappa shape index (κ2) is 8.06. The Labute approximate surface area is 176 Å². The lowest BCUT2D eigenvalue weighted by atomic mass is 10.0. The van der Waals surface area contributed by atoms with Gasteiger partial charge in [-0.25, -0.2) is 13.2 Å². The normalized spacial score (nSPS) is 10.9. The molecule has 0 radical (unpaired) electrons. The number of benzene rings is 2. The molecule has 0 unspecified atom stereocenters. The number of hydrogen-bond acceptors (Lipinski definition) is 3. The summed E-state index contributed by atoms with van der Waals surface area (Å²) in [6.07, 6.45) is 3.14. The summed E-state index contributed by atoms with van der Waals surface area (Å²) in [5.74, 6) is -2.92. The average Bonchev–Trinajstić information content (AvgIpc) is 3.09. The van der Waals surface area contributed by atoms with Crippen LogP contribution in [-0.2, 0) is 11.8 Å². The van der Waals surface area contributed by atoms with E-state index in [-0.39, 0.29) is 11.5 Å². The molecule has 0 N–H and O–H groups in total. The van der Waals surface area contributed by atoms with Crippen LogP contribution in [-0.4, -0.2) is 20.7 Å². The van der Waals surface area contributed by atoms with Gasteiger partial charge in [-0.05, 0) is 54.1 Å². The predicted molar refractivity (Wildman–Crippen MR) is 111 cm³/mol. The lowest BCUT2D eigenvalue weighted by Crippen LogP contribution is -2.27. The van der Waals surface area contributed by atoms with Crippen molar-refractivity contribution in [2.24, 2.45) is 7.05 Å². The highest BCUT2D eigenvalue weighted by molar-refractivity contribution is 6.04. The smallest absolute Gasteiger partial charge is 0.229 e. The number of hydrogen-bond donors (Lipinski definition) is 0. The van der Waals surface area contributed by atoms with Crippen LogP contribution in [0.5, 0.6) is 0 Å². The van der Waals surface area contributed by atoms with Crippen LogP contribution >= 0.6 is 0 Å². The zero-order chi connectivity index (χ0) is 22.1. The maximum atomic E-state index is 14.7. The monoisotopic (exact) mass is 422 g/mol. The average molecular weight is 422 g/mol. The quantitative estimate of drug-likeness (QED) is 0.451. The third-order valence-electron chi connectivity index (χ3n) is 4.80. The number of nitrogens with zero attached hydrogens (tertiary/aromatic N) is 4. The molecule has 8 heteroatoms. The van der Waals surface area contributed by atoms with Crippen LogP contribution < -0.4 is 4.90 Å². The van der Waals surface area contributed by atoms with Gasteiger partial charge in [-0.3, -0.25) is 19.4 Å². The van der Waals surface area contributed by atoms with E-state index >= 15 is 0 Å². The fourth-order valence-corrected chi connectivity index (χ4v) is 3.46. The van der Waals surface area contributed by atoms with E-state index in [1.54, 1.807) is 43.7 Å². The van der Waals surface area contributed by atoms with Gasteiger partial charge in [0.15, 0.2) is 11.6 Å². The second-order valence-corrected chi connectivity index (χ2v) is 6.84. The van der Waals surface area contributed by atoms with Crippen LogP contribution in [0.2, 0.25) is 0 Å². The number of halogens is 3. The molecule has 31 heavy (non-hydrogen) atoms. The number of carbonyl (C=O) groups excluding carboxylic acids is 1. The molecule has 0 fully saturated rings. The van der Waals surface area contributed by atoms with E-state index in [9.17, 15) is 18.0 Å². The summed E-state index contributed by atoms with van der Waals surface area (Å²) in [6, 6.07) is 12.8. The Balaban J connectivity index is 2.04. The Bertz CT molecular complexity index is 1250. The van der Waals surface area contributed by atoms with Gasteiger partial charge in [-0.15, -0.1) is 0 Å². The van der Waals surface area contributed by atoms with Gasteiger partial charge in [-0.2, -0.15) is 5.10 Å². The fraction of sp³-hybridized carbons (Fsp3) is 0.0870. The van der Waals surface area contributed by atoms with Crippen molar-refractivity contribution >= 4 is 17.4 Å². The van der Waals surface area contributed by atoms with Crippen molar-refractivity contribution in [1.29, 1.82) is 0 Å². The Kier molecular flexibility index (Phi) is 5.29. The summed E-state index contributed by atoms with van der Waals surface area (Å²) in [7, 11) is 1.60. The molecule has 2 aromatic heterocycles. The third-order valence-corrected chi connectivity index (χ3v) is 4.80. The highest BCUT2D eigenvalue weighted by atomic mass is 19.2. The minimum atomic E-state index is -1.15. The van der Waals surface area contributed by atoms with Crippen molar-refractivity contribution in [1.82, 2.24) is 14.8 Å². The van der Waals surface area contributed by atoms with Gasteiger partial charge in [0, 0.05) is 31.9 Å². The Morgan fingerprint density at radius 3 is 2.26 bits per heavy atom. The maximum absolute atomic E-state index is 14.7. The lowest BCUT2D eigenvalue weighted by molar-refractivity contribution is -0.115. The minimum Gasteiger partial charge on any atom is -0.274 e. The summed E-state index contributed by atoms with van der Waals surface area (Å²) in [6.45, 7) is 1.26. The maximum Gasteiger partial charge on any atom is 0.229 e. The number of pyridine rings is 1. The molecular weight excluding hydrogens is 405 g/mol. The van der Waals surface area contributed by atoms with Gasteiger partial charge >= 0.3 is 0 Å². The molecule has 4 rings (SSSR count). The van der Waals surface area contributed by atoms with E-state index in [1.807, 2.05) is 0 Å². The highest BCUT2D eigenvalue weighted by Crippen LogP contribution is 2.42. The van der Waals surface area contributed by atoms with Crippen LogP contribution in [0.15, 0.2) is 67.0 Å². The predicted octanol–water partition coefficient (Wildman–Crippen LogP) is 5.25. The molecule has 5 nitrogen and oxygen atoms in total. The van der Waals surface area contributed by atoms with E-state index in [0.717, 1.165) is 11.0 Å². The Hall–Kier alpha value is -3.94. The molecule has 156 valence electrons. The molecule has 0 saturated heterocycles. The first-order valence-corrected chi connectivity index (χ1v) is 9.36. The minimum absolute atomic E-state index is 0.238. The Morgan fingerprint density at radius 1 is 0.935 bits per heavy atom. The molecular formula is C23H17F3N4O. The van der Waals surface area contributed by atoms with Gasteiger partial charge in [0.05, 0.1) is 11.3 Å². The van der Waals surface area contributed by atoms with E-state index in [2.05, 4.69) is 10.1 Å². The van der Waals surface area contributed by atoms with E-state index in [4.69, 9.17) is 0 Å². The van der Waals surface area contributed by atoms with Crippen LogP contribution in [0.4, 0.5) is 24.7 Å². The first kappa shape index (κ1) is 20.3. The number of carbonyl (C=O) groups is 1. The molecule has 4 aromatic rings. The number of anilines is 2. The van der Waals surface area contributed by atoms with Crippen LogP contribution in [0, 0.1) is 17.5 Å². The molecule has 2 heterocycles. The summed E-state index contributed by atoms with van der Waals surface area (Å²) in [5, 5.41) is 4.53. The molecule has 0 atom stereocenters. The summed E-state index contributed by atoms with van der Waals surface area (Å²) < 4.78 is 43.6. The fourth-order valence-electron chi connectivity index (χ4n) is 3.46. The van der Waals surface area contributed by atoms with Crippen LogP contribution in [0.25, 0.3) is 22.4 Å². The van der Waals surface area contributed by atoms with Crippen molar-refractivity contribution in [3.05, 3.63) is 84.4 Å². The molecule has 0 spiro atoms. The molecule has 0 bridgehead atoms. The van der Waals surface area contributed by atoms with Gasteiger partial charge in [-0.1, -0.05) is 6.07 Å². The molecule has 0 saturated carbocycles. The van der Waals surface area contributed by atoms with Gasteiger partial charge in [0.1, 0.15) is 17.3 Å². The van der Waals surface area contributed by atoms with Crippen molar-refractivity contribution < 1.29 is 18.0 Å². The number of aromatic nitrogens is 3. The van der Waals surface area contributed by atoms with Gasteiger partial charge < -0.3 is 0 Å². The van der Waals surface area contributed by atoms with E-state index in [1.165, 1.54) is 35.9 Å². The molecule has 1 amide bonds. The Morgan fingerprint density at radius 2 is 1.61 bits per heavy atom. The first-order chi connectivity index (χ1) is 14.9. The SMILES string of the molecule is CC(=O)N(c1cccc(F)c1F)c1c(-c2ccncc2)c(-c2ccc(F)cc2)nn1C. The molecule has 0 aliphatic heterocycles. The number of amides is 1. The zero-order valence-electron chi connectivity index (χ0n) is 16.7. The molecule has 0 aliphatic carbocycles. The standard InChI is InChI=1S/C23H17F3N4O/c1-14(31)30(19-5-3-4-18(25)21(19)26)23-20(15-10-12-27-13-11-15)22(28-29(23)2)16-6-8-17(24)9-7-16/h3-13H,1-2H3. The topological polar surface area (TPSA) is 51.0 Å². The van der Waals surface area contributed by atoms with Crippen molar-refractivity contribution in [2.75, 3.05) is 4.90 Å². The first-order valence-electron chi connectivity index (χ1n) is 9.36. The second-order valence-electron chi connectivity index (χ2n) is 6.84. The number of aryl methyl sites for hydroxylation is 1. The largest absolute Gasteiger partial charge is 0.274 e. The van der Waals surface area contributed by atoms with Crippen molar-refractivity contribution in [2.45, 2.75) is 6.92 Å². The third kappa shape index (κ3) is 3.68. The van der Waals surface area contributed by atoms with Gasteiger partial charge in [0.25, 0.3) is 0 Å². The number of rotatable bonds is 4. The molecule has 0 aliphatic rings. The summed E-state index contributed by atoms with van der Waals surface area (Å²) >= 11 is 0. The van der Waals surface area contributed by atoms with E-state index < -0.39 is 23.4 Å². The molecule has 2 aromatic carbocycles. The van der Waals surface area contributed by atoms with E-state index in [0.29, 0.717) is 22.4 Å². The van der Waals surface area contributed by atoms with Gasteiger partial charge in [0.2, 0.25) is 5.91 Å². The van der Waals surface area contributed by atoms with Crippen molar-refractivity contribution in [3.8, 4) is 22.4 Å². The summed E-state index contributed by atoms with van der Waals surface area (Å²) in [5.41, 5.74) is 1.96. The summed E-state index contributed by atoms with van der Waals surface area (Å²) in [4.78, 5) is 17.8.